The zero-order chi connectivity index (χ0) is 14.9. The molecule has 9 heteroatoms. The van der Waals surface area contributed by atoms with Crippen molar-refractivity contribution in [2.45, 2.75) is 6.42 Å². The number of esters is 1. The third-order valence-electron chi connectivity index (χ3n) is 2.95. The molecular formula is C11H12FNO5S2. The zero-order valence-corrected chi connectivity index (χ0v) is 12.2. The fourth-order valence-corrected chi connectivity index (χ4v) is 3.77. The summed E-state index contributed by atoms with van der Waals surface area (Å²) in [5.41, 5.74) is 0.380. The van der Waals surface area contributed by atoms with E-state index in [1.54, 1.807) is 11.4 Å². The van der Waals surface area contributed by atoms with E-state index in [1.807, 2.05) is 0 Å². The van der Waals surface area contributed by atoms with Crippen molar-refractivity contribution in [2.75, 3.05) is 24.3 Å². The number of halogens is 1. The molecule has 110 valence electrons. The van der Waals surface area contributed by atoms with Crippen molar-refractivity contribution in [1.29, 1.82) is 0 Å². The van der Waals surface area contributed by atoms with Crippen molar-refractivity contribution in [1.82, 2.24) is 0 Å². The SMILES string of the molecule is COC(=O)c1sccc1N1CC(CS(=O)(=O)F)CC1=O. The maximum atomic E-state index is 12.7. The number of hydrogen-bond acceptors (Lipinski definition) is 6. The van der Waals surface area contributed by atoms with Crippen LogP contribution in [0.4, 0.5) is 9.57 Å². The number of carbonyl (C=O) groups is 2. The molecule has 1 atom stereocenters. The van der Waals surface area contributed by atoms with Crippen LogP contribution >= 0.6 is 11.3 Å². The van der Waals surface area contributed by atoms with Crippen molar-refractivity contribution in [2.24, 2.45) is 5.92 Å². The summed E-state index contributed by atoms with van der Waals surface area (Å²) in [4.78, 5) is 25.0. The van der Waals surface area contributed by atoms with Crippen LogP contribution in [0.25, 0.3) is 0 Å². The number of anilines is 1. The summed E-state index contributed by atoms with van der Waals surface area (Å²) in [7, 11) is -3.39. The molecule has 1 fully saturated rings. The maximum absolute atomic E-state index is 12.7. The highest BCUT2D eigenvalue weighted by Gasteiger charge is 2.35. The fourth-order valence-electron chi connectivity index (χ4n) is 2.17. The summed E-state index contributed by atoms with van der Waals surface area (Å²) in [6, 6.07) is 1.58. The van der Waals surface area contributed by atoms with Crippen LogP contribution in [0.2, 0.25) is 0 Å². The van der Waals surface area contributed by atoms with Crippen LogP contribution in [0.15, 0.2) is 11.4 Å². The van der Waals surface area contributed by atoms with Gasteiger partial charge in [0, 0.05) is 18.9 Å². The number of hydrogen-bond donors (Lipinski definition) is 0. The van der Waals surface area contributed by atoms with Crippen molar-refractivity contribution in [3.05, 3.63) is 16.3 Å². The lowest BCUT2D eigenvalue weighted by Gasteiger charge is -2.16. The van der Waals surface area contributed by atoms with Gasteiger partial charge in [0.25, 0.3) is 0 Å². The monoisotopic (exact) mass is 321 g/mol. The minimum atomic E-state index is -4.62. The molecule has 1 aromatic rings. The van der Waals surface area contributed by atoms with Gasteiger partial charge < -0.3 is 9.64 Å². The van der Waals surface area contributed by atoms with Gasteiger partial charge in [-0.3, -0.25) is 4.79 Å². The lowest BCUT2D eigenvalue weighted by Crippen LogP contribution is -2.26. The fraction of sp³-hybridized carbons (Fsp3) is 0.455. The second-order valence-electron chi connectivity index (χ2n) is 4.41. The first-order valence-electron chi connectivity index (χ1n) is 5.70. The first kappa shape index (κ1) is 14.9. The van der Waals surface area contributed by atoms with Crippen LogP contribution in [-0.2, 0) is 19.8 Å². The summed E-state index contributed by atoms with van der Waals surface area (Å²) in [6.07, 6.45) is -0.0559. The van der Waals surface area contributed by atoms with Gasteiger partial charge in [-0.05, 0) is 11.4 Å². The highest BCUT2D eigenvalue weighted by atomic mass is 32.3. The number of thiophene rings is 1. The van der Waals surface area contributed by atoms with Crippen LogP contribution in [-0.4, -0.2) is 39.7 Å². The Morgan fingerprint density at radius 3 is 2.90 bits per heavy atom. The molecule has 1 unspecified atom stereocenters. The minimum Gasteiger partial charge on any atom is -0.465 e. The summed E-state index contributed by atoms with van der Waals surface area (Å²) >= 11 is 1.12. The molecule has 1 saturated heterocycles. The molecule has 1 amide bonds. The molecule has 0 aromatic carbocycles. The molecule has 1 aliphatic rings. The molecule has 0 aliphatic carbocycles. The Kier molecular flexibility index (Phi) is 4.09. The number of nitrogens with zero attached hydrogens (tertiary/aromatic N) is 1. The Bertz CT molecular complexity index is 639. The molecule has 2 rings (SSSR count). The van der Waals surface area contributed by atoms with Gasteiger partial charge in [-0.15, -0.1) is 15.2 Å². The largest absolute Gasteiger partial charge is 0.465 e. The van der Waals surface area contributed by atoms with Crippen LogP contribution in [0, 0.1) is 5.92 Å². The average molecular weight is 321 g/mol. The van der Waals surface area contributed by atoms with Crippen molar-refractivity contribution in [3.63, 3.8) is 0 Å². The summed E-state index contributed by atoms with van der Waals surface area (Å²) in [5.74, 6) is -2.19. The predicted octanol–water partition coefficient (Wildman–Crippen LogP) is 1.19. The van der Waals surface area contributed by atoms with Gasteiger partial charge in [-0.25, -0.2) is 4.79 Å². The van der Waals surface area contributed by atoms with E-state index in [0.717, 1.165) is 11.3 Å². The number of methoxy groups -OCH3 is 1. The van der Waals surface area contributed by atoms with E-state index < -0.39 is 27.9 Å². The minimum absolute atomic E-state index is 0.0559. The molecule has 0 radical (unpaired) electrons. The molecule has 0 spiro atoms. The lowest BCUT2D eigenvalue weighted by molar-refractivity contribution is -0.117. The van der Waals surface area contributed by atoms with Crippen LogP contribution in [0.5, 0.6) is 0 Å². The first-order valence-corrected chi connectivity index (χ1v) is 8.13. The molecule has 1 aromatic heterocycles. The van der Waals surface area contributed by atoms with Gasteiger partial charge in [0.15, 0.2) is 0 Å². The first-order chi connectivity index (χ1) is 9.31. The molecule has 20 heavy (non-hydrogen) atoms. The Balaban J connectivity index is 2.20. The van der Waals surface area contributed by atoms with Gasteiger partial charge >= 0.3 is 16.2 Å². The smallest absolute Gasteiger partial charge is 0.350 e. The van der Waals surface area contributed by atoms with E-state index in [2.05, 4.69) is 4.74 Å². The van der Waals surface area contributed by atoms with Gasteiger partial charge in [0.05, 0.1) is 18.6 Å². The Morgan fingerprint density at radius 2 is 2.30 bits per heavy atom. The normalized spacial score (nSPS) is 19.4. The van der Waals surface area contributed by atoms with Crippen molar-refractivity contribution < 1.29 is 26.6 Å². The van der Waals surface area contributed by atoms with E-state index in [-0.39, 0.29) is 23.7 Å². The van der Waals surface area contributed by atoms with Crippen LogP contribution < -0.4 is 4.90 Å². The highest BCUT2D eigenvalue weighted by molar-refractivity contribution is 7.86. The molecule has 0 bridgehead atoms. The topological polar surface area (TPSA) is 80.8 Å². The van der Waals surface area contributed by atoms with E-state index in [9.17, 15) is 21.9 Å². The van der Waals surface area contributed by atoms with E-state index in [1.165, 1.54) is 12.0 Å². The van der Waals surface area contributed by atoms with Crippen LogP contribution in [0.3, 0.4) is 0 Å². The maximum Gasteiger partial charge on any atom is 0.350 e. The second-order valence-corrected chi connectivity index (χ2v) is 6.73. The quantitative estimate of drug-likeness (QED) is 0.614. The number of ether oxygens (including phenoxy) is 1. The summed E-state index contributed by atoms with van der Waals surface area (Å²) in [6.45, 7) is 0.0721. The van der Waals surface area contributed by atoms with E-state index in [0.29, 0.717) is 5.69 Å². The van der Waals surface area contributed by atoms with Gasteiger partial charge in [0.2, 0.25) is 5.91 Å². The predicted molar refractivity (Wildman–Crippen MR) is 71.0 cm³/mol. The number of carbonyl (C=O) groups excluding carboxylic acids is 2. The van der Waals surface area contributed by atoms with Gasteiger partial charge in [-0.2, -0.15) is 8.42 Å². The van der Waals surface area contributed by atoms with Crippen molar-refractivity contribution in [3.8, 4) is 0 Å². The molecular weight excluding hydrogens is 309 g/mol. The lowest BCUT2D eigenvalue weighted by atomic mass is 10.1. The number of amides is 1. The molecule has 2 heterocycles. The van der Waals surface area contributed by atoms with Gasteiger partial charge in [-0.1, -0.05) is 0 Å². The standard InChI is InChI=1S/C11H12FNO5S2/c1-18-11(15)10-8(2-3-19-10)13-5-7(4-9(13)14)6-20(12,16)17/h2-3,7H,4-6H2,1H3. The summed E-state index contributed by atoms with van der Waals surface area (Å²) in [5, 5.41) is 1.63. The average Bonchev–Trinajstić information content (AvgIpc) is 2.92. The second kappa shape index (κ2) is 5.49. The summed E-state index contributed by atoms with van der Waals surface area (Å²) < 4.78 is 38.6. The van der Waals surface area contributed by atoms with E-state index in [4.69, 9.17) is 0 Å². The van der Waals surface area contributed by atoms with Crippen LogP contribution in [0.1, 0.15) is 16.1 Å². The highest BCUT2D eigenvalue weighted by Crippen LogP contribution is 2.32. The van der Waals surface area contributed by atoms with Crippen molar-refractivity contribution >= 4 is 39.1 Å². The molecule has 0 N–H and O–H groups in total. The van der Waals surface area contributed by atoms with E-state index >= 15 is 0 Å². The zero-order valence-electron chi connectivity index (χ0n) is 10.5. The Hall–Kier alpha value is -1.48. The molecule has 1 aliphatic heterocycles. The van der Waals surface area contributed by atoms with Gasteiger partial charge in [0.1, 0.15) is 4.88 Å². The Morgan fingerprint density at radius 1 is 1.60 bits per heavy atom. The molecule has 0 saturated carbocycles. The Labute approximate surface area is 119 Å². The number of rotatable bonds is 4. The third-order valence-corrected chi connectivity index (χ3v) is 4.70. The third kappa shape index (κ3) is 3.15. The molecule has 6 nitrogen and oxygen atoms in total.